The standard InChI is InChI=1S/C16H18N4O3S.C6H10O2/c21-16-15-12(5-8-18-15)13-9-11(1-2-14(13)19-16)24(22,23)20-10-3-6-17-7-4-10;7-6(8)5-3-1-2-4-5/h1-2,5,8-10,17-18,20H,3-4,6-7H2,(H,19,21);5H,1-4H2,(H,7,8)/p-1. The Balaban J connectivity index is 0.000000260. The molecule has 0 radical (unpaired) electrons. The van der Waals surface area contributed by atoms with Crippen LogP contribution in [0.2, 0.25) is 0 Å². The molecule has 32 heavy (non-hydrogen) atoms. The van der Waals surface area contributed by atoms with Gasteiger partial charge in [0, 0.05) is 34.5 Å². The lowest BCUT2D eigenvalue weighted by Gasteiger charge is -2.23. The number of carbonyl (C=O) groups excluding carboxylic acids is 1. The van der Waals surface area contributed by atoms with Crippen molar-refractivity contribution in [1.29, 1.82) is 0 Å². The van der Waals surface area contributed by atoms with Crippen LogP contribution in [0.25, 0.3) is 21.8 Å². The first-order valence-electron chi connectivity index (χ1n) is 10.9. The number of H-pyrrole nitrogens is 2. The zero-order chi connectivity index (χ0) is 22.7. The lowest BCUT2D eigenvalue weighted by molar-refractivity contribution is -0.311. The van der Waals surface area contributed by atoms with Gasteiger partial charge in [-0.15, -0.1) is 0 Å². The molecule has 2 fully saturated rings. The summed E-state index contributed by atoms with van der Waals surface area (Å²) in [5.41, 5.74) is 0.849. The summed E-state index contributed by atoms with van der Waals surface area (Å²) in [6.07, 6.45) is 7.04. The molecule has 0 bridgehead atoms. The van der Waals surface area contributed by atoms with Crippen molar-refractivity contribution >= 4 is 37.8 Å². The quantitative estimate of drug-likeness (QED) is 0.457. The molecule has 1 aliphatic carbocycles. The van der Waals surface area contributed by atoms with E-state index in [0.29, 0.717) is 21.8 Å². The minimum Gasteiger partial charge on any atom is -0.550 e. The van der Waals surface area contributed by atoms with E-state index < -0.39 is 16.0 Å². The van der Waals surface area contributed by atoms with Crippen LogP contribution < -0.4 is 20.7 Å². The average molecular weight is 460 g/mol. The molecule has 0 atom stereocenters. The molecular formula is C22H27N4O5S-. The summed E-state index contributed by atoms with van der Waals surface area (Å²) in [7, 11) is -3.59. The molecule has 0 unspecified atom stereocenters. The highest BCUT2D eigenvalue weighted by molar-refractivity contribution is 7.89. The highest BCUT2D eigenvalue weighted by Crippen LogP contribution is 2.24. The first kappa shape index (κ1) is 22.5. The normalized spacial score (nSPS) is 18.0. The minimum atomic E-state index is -3.59. The number of rotatable bonds is 4. The Kier molecular flexibility index (Phi) is 6.63. The Morgan fingerprint density at radius 3 is 2.41 bits per heavy atom. The molecule has 4 N–H and O–H groups in total. The molecule has 1 saturated heterocycles. The summed E-state index contributed by atoms with van der Waals surface area (Å²) in [4.78, 5) is 27.9. The predicted molar refractivity (Wildman–Crippen MR) is 120 cm³/mol. The molecular weight excluding hydrogens is 432 g/mol. The Hall–Kier alpha value is -2.69. The van der Waals surface area contributed by atoms with Crippen molar-refractivity contribution in [3.63, 3.8) is 0 Å². The largest absolute Gasteiger partial charge is 0.550 e. The van der Waals surface area contributed by atoms with Gasteiger partial charge in [-0.05, 0) is 69.0 Å². The maximum atomic E-state index is 12.7. The van der Waals surface area contributed by atoms with E-state index in [4.69, 9.17) is 0 Å². The average Bonchev–Trinajstić information content (AvgIpc) is 3.47. The SMILES string of the molecule is O=C([O-])C1CCCC1.O=c1[nH]c2ccc(S(=O)(=O)NC3CCNCC3)cc2c2cc[nH]c12. The van der Waals surface area contributed by atoms with Gasteiger partial charge in [0.25, 0.3) is 5.56 Å². The van der Waals surface area contributed by atoms with Crippen molar-refractivity contribution in [2.24, 2.45) is 5.92 Å². The fourth-order valence-corrected chi connectivity index (χ4v) is 5.71. The van der Waals surface area contributed by atoms with E-state index in [1.807, 2.05) is 0 Å². The van der Waals surface area contributed by atoms with Crippen molar-refractivity contribution in [3.8, 4) is 0 Å². The van der Waals surface area contributed by atoms with Crippen LogP contribution in [0.5, 0.6) is 0 Å². The number of carboxylic acid groups (broad SMARTS) is 1. The number of carbonyl (C=O) groups is 1. The van der Waals surface area contributed by atoms with Gasteiger partial charge in [-0.2, -0.15) is 0 Å². The first-order chi connectivity index (χ1) is 15.3. The summed E-state index contributed by atoms with van der Waals surface area (Å²) in [5, 5.41) is 14.7. The maximum absolute atomic E-state index is 12.7. The van der Waals surface area contributed by atoms with Crippen LogP contribution in [0.15, 0.2) is 40.2 Å². The van der Waals surface area contributed by atoms with E-state index in [1.54, 1.807) is 24.4 Å². The molecule has 1 aromatic carbocycles. The third-order valence-electron chi connectivity index (χ3n) is 6.16. The third-order valence-corrected chi connectivity index (χ3v) is 7.68. The summed E-state index contributed by atoms with van der Waals surface area (Å²) in [6, 6.07) is 6.52. The van der Waals surface area contributed by atoms with Crippen molar-refractivity contribution in [1.82, 2.24) is 20.0 Å². The summed E-state index contributed by atoms with van der Waals surface area (Å²) < 4.78 is 28.1. The molecule has 3 aromatic rings. The Labute approximate surface area is 185 Å². The van der Waals surface area contributed by atoms with Gasteiger partial charge in [0.1, 0.15) is 5.52 Å². The van der Waals surface area contributed by atoms with Crippen LogP contribution in [-0.4, -0.2) is 43.5 Å². The van der Waals surface area contributed by atoms with Gasteiger partial charge < -0.3 is 25.2 Å². The number of hydrogen-bond acceptors (Lipinski definition) is 6. The molecule has 2 aromatic heterocycles. The summed E-state index contributed by atoms with van der Waals surface area (Å²) >= 11 is 0. The topological polar surface area (TPSA) is 147 Å². The fourth-order valence-electron chi connectivity index (χ4n) is 4.38. The minimum absolute atomic E-state index is 0.0465. The Morgan fingerprint density at radius 2 is 1.75 bits per heavy atom. The molecule has 10 heteroatoms. The molecule has 0 spiro atoms. The molecule has 172 valence electrons. The fraction of sp³-hybridized carbons (Fsp3) is 0.455. The maximum Gasteiger partial charge on any atom is 0.272 e. The zero-order valence-corrected chi connectivity index (χ0v) is 18.5. The number of aromatic amines is 2. The predicted octanol–water partition coefficient (Wildman–Crippen LogP) is 0.966. The smallest absolute Gasteiger partial charge is 0.272 e. The van der Waals surface area contributed by atoms with Crippen molar-refractivity contribution in [2.75, 3.05) is 13.1 Å². The van der Waals surface area contributed by atoms with Crippen molar-refractivity contribution in [3.05, 3.63) is 40.8 Å². The Bertz CT molecular complexity index is 1270. The number of carboxylic acids is 1. The number of aliphatic carboxylic acids is 1. The summed E-state index contributed by atoms with van der Waals surface area (Å²) in [6.45, 7) is 1.63. The van der Waals surface area contributed by atoms with Gasteiger partial charge in [-0.1, -0.05) is 12.8 Å². The molecule has 3 heterocycles. The van der Waals surface area contributed by atoms with E-state index in [1.165, 1.54) is 6.07 Å². The van der Waals surface area contributed by atoms with Crippen LogP contribution in [0.1, 0.15) is 38.5 Å². The van der Waals surface area contributed by atoms with Gasteiger partial charge in [0.2, 0.25) is 10.0 Å². The summed E-state index contributed by atoms with van der Waals surface area (Å²) in [5.74, 6) is -0.988. The lowest BCUT2D eigenvalue weighted by atomic mass is 10.1. The van der Waals surface area contributed by atoms with Gasteiger partial charge in [0.15, 0.2) is 0 Å². The number of pyridine rings is 1. The molecule has 5 rings (SSSR count). The van der Waals surface area contributed by atoms with E-state index >= 15 is 0 Å². The van der Waals surface area contributed by atoms with E-state index in [-0.39, 0.29) is 22.4 Å². The van der Waals surface area contributed by atoms with Gasteiger partial charge in [0.05, 0.1) is 4.90 Å². The molecule has 9 nitrogen and oxygen atoms in total. The number of hydrogen-bond donors (Lipinski definition) is 4. The van der Waals surface area contributed by atoms with Gasteiger partial charge in [-0.3, -0.25) is 4.79 Å². The third kappa shape index (κ3) is 4.87. The molecule has 2 aliphatic rings. The molecule has 1 saturated carbocycles. The molecule has 0 amide bonds. The van der Waals surface area contributed by atoms with E-state index in [2.05, 4.69) is 20.0 Å². The zero-order valence-electron chi connectivity index (χ0n) is 17.6. The number of sulfonamides is 1. The number of aromatic nitrogens is 2. The number of fused-ring (bicyclic) bond motifs is 3. The monoisotopic (exact) mass is 459 g/mol. The van der Waals surface area contributed by atoms with Crippen LogP contribution in [0, 0.1) is 5.92 Å². The van der Waals surface area contributed by atoms with Crippen molar-refractivity contribution in [2.45, 2.75) is 49.5 Å². The van der Waals surface area contributed by atoms with Crippen LogP contribution in [0.4, 0.5) is 0 Å². The first-order valence-corrected chi connectivity index (χ1v) is 12.4. The number of nitrogens with one attached hydrogen (secondary N) is 4. The molecule has 1 aliphatic heterocycles. The van der Waals surface area contributed by atoms with Crippen LogP contribution >= 0.6 is 0 Å². The van der Waals surface area contributed by atoms with Crippen molar-refractivity contribution < 1.29 is 18.3 Å². The second kappa shape index (κ2) is 9.43. The highest BCUT2D eigenvalue weighted by atomic mass is 32.2. The number of benzene rings is 1. The lowest BCUT2D eigenvalue weighted by Crippen LogP contribution is -2.42. The van der Waals surface area contributed by atoms with Crippen LogP contribution in [0.3, 0.4) is 0 Å². The van der Waals surface area contributed by atoms with E-state index in [0.717, 1.165) is 51.6 Å². The highest BCUT2D eigenvalue weighted by Gasteiger charge is 2.22. The number of piperidine rings is 1. The van der Waals surface area contributed by atoms with Gasteiger partial charge in [-0.25, -0.2) is 13.1 Å². The van der Waals surface area contributed by atoms with Crippen LogP contribution in [-0.2, 0) is 14.8 Å². The second-order valence-corrected chi connectivity index (χ2v) is 10.1. The Morgan fingerprint density at radius 1 is 1.03 bits per heavy atom. The van der Waals surface area contributed by atoms with E-state index in [9.17, 15) is 23.1 Å². The van der Waals surface area contributed by atoms with Gasteiger partial charge >= 0.3 is 0 Å². The second-order valence-electron chi connectivity index (χ2n) is 8.37.